The van der Waals surface area contributed by atoms with Gasteiger partial charge in [-0.15, -0.1) is 11.3 Å². The smallest absolute Gasteiger partial charge is 0.228 e. The number of carbonyl (C=O) groups excluding carboxylic acids is 1. The molecule has 2 aromatic heterocycles. The van der Waals surface area contributed by atoms with E-state index in [2.05, 4.69) is 18.7 Å². The van der Waals surface area contributed by atoms with Gasteiger partial charge in [0.15, 0.2) is 0 Å². The van der Waals surface area contributed by atoms with E-state index >= 15 is 0 Å². The molecule has 29 heavy (non-hydrogen) atoms. The number of aromatic nitrogens is 2. The van der Waals surface area contributed by atoms with Crippen LogP contribution in [0.3, 0.4) is 0 Å². The summed E-state index contributed by atoms with van der Waals surface area (Å²) in [6.45, 7) is 13.7. The summed E-state index contributed by atoms with van der Waals surface area (Å²) in [7, 11) is 0. The summed E-state index contributed by atoms with van der Waals surface area (Å²) in [6.07, 6.45) is 5.93. The van der Waals surface area contributed by atoms with E-state index in [4.69, 9.17) is 9.97 Å². The summed E-state index contributed by atoms with van der Waals surface area (Å²) < 4.78 is 0. The number of rotatable bonds is 3. The van der Waals surface area contributed by atoms with Gasteiger partial charge in [-0.05, 0) is 37.7 Å². The van der Waals surface area contributed by atoms with Crippen LogP contribution in [-0.2, 0) is 17.6 Å². The van der Waals surface area contributed by atoms with Gasteiger partial charge in [-0.2, -0.15) is 0 Å². The summed E-state index contributed by atoms with van der Waals surface area (Å²) in [5.74, 6) is 2.70. The molecule has 2 aliphatic rings. The Bertz CT molecular complexity index is 906. The summed E-state index contributed by atoms with van der Waals surface area (Å²) in [6, 6.07) is 0. The Hall–Kier alpha value is -1.69. The summed E-state index contributed by atoms with van der Waals surface area (Å²) in [5, 5.41) is 1.30. The number of hydrogen-bond donors (Lipinski definition) is 0. The third kappa shape index (κ3) is 3.88. The minimum absolute atomic E-state index is 0.248. The van der Waals surface area contributed by atoms with Crippen LogP contribution in [0.15, 0.2) is 0 Å². The van der Waals surface area contributed by atoms with Crippen molar-refractivity contribution in [3.63, 3.8) is 0 Å². The first-order valence-electron chi connectivity index (χ1n) is 11.2. The first-order valence-corrected chi connectivity index (χ1v) is 12.0. The Balaban J connectivity index is 1.69. The SMILES string of the molecule is CC[C@@H](C)c1nc(N2CCN(C(=O)C(C)(C)C)CC2)c2c3c(sc2n1)CCCC3. The van der Waals surface area contributed by atoms with Gasteiger partial charge in [-0.25, -0.2) is 9.97 Å². The van der Waals surface area contributed by atoms with Crippen LogP contribution in [0, 0.1) is 5.41 Å². The summed E-state index contributed by atoms with van der Waals surface area (Å²) in [4.78, 5) is 29.9. The second-order valence-corrected chi connectivity index (χ2v) is 10.7. The predicted octanol–water partition coefficient (Wildman–Crippen LogP) is 4.78. The molecule has 1 aliphatic heterocycles. The fourth-order valence-electron chi connectivity index (χ4n) is 4.38. The molecule has 3 heterocycles. The number of anilines is 1. The third-order valence-electron chi connectivity index (χ3n) is 6.37. The molecule has 4 rings (SSSR count). The van der Waals surface area contributed by atoms with Gasteiger partial charge in [-0.1, -0.05) is 34.6 Å². The molecule has 0 bridgehead atoms. The van der Waals surface area contributed by atoms with Gasteiger partial charge in [-0.3, -0.25) is 4.79 Å². The molecular weight excluding hydrogens is 380 g/mol. The lowest BCUT2D eigenvalue weighted by Crippen LogP contribution is -2.52. The van der Waals surface area contributed by atoms with Crippen LogP contribution in [0.1, 0.15) is 76.1 Å². The first-order chi connectivity index (χ1) is 13.8. The topological polar surface area (TPSA) is 49.3 Å². The number of fused-ring (bicyclic) bond motifs is 3. The second-order valence-electron chi connectivity index (χ2n) is 9.64. The summed E-state index contributed by atoms with van der Waals surface area (Å²) >= 11 is 1.89. The Morgan fingerprint density at radius 1 is 1.10 bits per heavy atom. The van der Waals surface area contributed by atoms with E-state index in [9.17, 15) is 4.79 Å². The van der Waals surface area contributed by atoms with E-state index < -0.39 is 0 Å². The molecule has 1 amide bonds. The molecule has 1 aliphatic carbocycles. The average Bonchev–Trinajstić information content (AvgIpc) is 3.10. The Morgan fingerprint density at radius 2 is 1.79 bits per heavy atom. The zero-order valence-electron chi connectivity index (χ0n) is 18.5. The average molecular weight is 415 g/mol. The lowest BCUT2D eigenvalue weighted by atomic mass is 9.94. The molecule has 0 radical (unpaired) electrons. The monoisotopic (exact) mass is 414 g/mol. The maximum Gasteiger partial charge on any atom is 0.228 e. The van der Waals surface area contributed by atoms with Gasteiger partial charge in [0.1, 0.15) is 16.5 Å². The molecule has 2 aromatic rings. The van der Waals surface area contributed by atoms with Crippen molar-refractivity contribution in [1.82, 2.24) is 14.9 Å². The Kier molecular flexibility index (Phi) is 5.58. The first kappa shape index (κ1) is 20.6. The Labute approximate surface area is 178 Å². The molecule has 1 fully saturated rings. The van der Waals surface area contributed by atoms with E-state index in [1.165, 1.54) is 39.9 Å². The maximum absolute atomic E-state index is 12.7. The van der Waals surface area contributed by atoms with E-state index in [-0.39, 0.29) is 11.3 Å². The van der Waals surface area contributed by atoms with Gasteiger partial charge >= 0.3 is 0 Å². The normalized spacial score (nSPS) is 18.8. The van der Waals surface area contributed by atoms with E-state index in [1.807, 2.05) is 37.0 Å². The molecular formula is C23H34N4OS. The third-order valence-corrected chi connectivity index (χ3v) is 7.56. The molecule has 0 saturated carbocycles. The molecule has 0 unspecified atom stereocenters. The van der Waals surface area contributed by atoms with Crippen LogP contribution in [0.2, 0.25) is 0 Å². The highest BCUT2D eigenvalue weighted by molar-refractivity contribution is 7.19. The van der Waals surface area contributed by atoms with Crippen molar-refractivity contribution in [3.05, 3.63) is 16.3 Å². The molecule has 5 nitrogen and oxygen atoms in total. The van der Waals surface area contributed by atoms with Crippen LogP contribution in [0.25, 0.3) is 10.2 Å². The predicted molar refractivity (Wildman–Crippen MR) is 121 cm³/mol. The molecule has 1 atom stereocenters. The van der Waals surface area contributed by atoms with Crippen molar-refractivity contribution >= 4 is 33.3 Å². The van der Waals surface area contributed by atoms with Crippen molar-refractivity contribution in [2.75, 3.05) is 31.1 Å². The summed E-state index contributed by atoms with van der Waals surface area (Å²) in [5.41, 5.74) is 1.18. The lowest BCUT2D eigenvalue weighted by Gasteiger charge is -2.38. The second kappa shape index (κ2) is 7.86. The van der Waals surface area contributed by atoms with Crippen molar-refractivity contribution in [2.45, 2.75) is 72.6 Å². The number of nitrogens with zero attached hydrogens (tertiary/aromatic N) is 4. The molecule has 0 spiro atoms. The van der Waals surface area contributed by atoms with Crippen molar-refractivity contribution in [2.24, 2.45) is 5.41 Å². The van der Waals surface area contributed by atoms with Crippen molar-refractivity contribution < 1.29 is 4.79 Å². The van der Waals surface area contributed by atoms with Crippen molar-refractivity contribution in [3.8, 4) is 0 Å². The minimum atomic E-state index is -0.319. The maximum atomic E-state index is 12.7. The van der Waals surface area contributed by atoms with Crippen LogP contribution in [-0.4, -0.2) is 47.0 Å². The number of amides is 1. The minimum Gasteiger partial charge on any atom is -0.352 e. The highest BCUT2D eigenvalue weighted by atomic mass is 32.1. The zero-order valence-corrected chi connectivity index (χ0v) is 19.4. The van der Waals surface area contributed by atoms with Crippen molar-refractivity contribution in [1.29, 1.82) is 0 Å². The van der Waals surface area contributed by atoms with Gasteiger partial charge < -0.3 is 9.80 Å². The van der Waals surface area contributed by atoms with Crippen LogP contribution < -0.4 is 4.90 Å². The van der Waals surface area contributed by atoms with Gasteiger partial charge in [0, 0.05) is 42.4 Å². The highest BCUT2D eigenvalue weighted by Gasteiger charge is 2.31. The van der Waals surface area contributed by atoms with E-state index in [0.717, 1.165) is 50.7 Å². The number of thiophene rings is 1. The largest absolute Gasteiger partial charge is 0.352 e. The van der Waals surface area contributed by atoms with E-state index in [0.29, 0.717) is 5.92 Å². The highest BCUT2D eigenvalue weighted by Crippen LogP contribution is 2.40. The molecule has 0 N–H and O–H groups in total. The number of aryl methyl sites for hydroxylation is 2. The quantitative estimate of drug-likeness (QED) is 0.725. The van der Waals surface area contributed by atoms with Crippen LogP contribution in [0.4, 0.5) is 5.82 Å². The van der Waals surface area contributed by atoms with Crippen LogP contribution in [0.5, 0.6) is 0 Å². The molecule has 6 heteroatoms. The number of carbonyl (C=O) groups is 1. The fourth-order valence-corrected chi connectivity index (χ4v) is 5.64. The zero-order chi connectivity index (χ0) is 20.8. The number of hydrogen-bond acceptors (Lipinski definition) is 5. The lowest BCUT2D eigenvalue weighted by molar-refractivity contribution is -0.139. The standard InChI is InChI=1S/C23H34N4OS/c1-6-15(2)19-24-20(18-16-9-7-8-10-17(16)29-21(18)25-19)26-11-13-27(14-12-26)22(28)23(3,4)5/h15H,6-14H2,1-5H3/t15-/m1/s1. The van der Waals surface area contributed by atoms with Gasteiger partial charge in [0.05, 0.1) is 5.39 Å². The van der Waals surface area contributed by atoms with Gasteiger partial charge in [0.25, 0.3) is 0 Å². The molecule has 0 aromatic carbocycles. The van der Waals surface area contributed by atoms with Crippen LogP contribution >= 0.6 is 11.3 Å². The van der Waals surface area contributed by atoms with Gasteiger partial charge in [0.2, 0.25) is 5.91 Å². The fraction of sp³-hybridized carbons (Fsp3) is 0.696. The molecule has 158 valence electrons. The molecule has 1 saturated heterocycles. The number of piperazine rings is 1. The Morgan fingerprint density at radius 3 is 2.45 bits per heavy atom. The van der Waals surface area contributed by atoms with E-state index in [1.54, 1.807) is 0 Å².